The fraction of sp³-hybridized carbons (Fsp3) is 0.238. The fourth-order valence-electron chi connectivity index (χ4n) is 2.79. The molecule has 0 aliphatic carbocycles. The quantitative estimate of drug-likeness (QED) is 0.565. The molecule has 0 saturated carbocycles. The minimum atomic E-state index is -2.99. The van der Waals surface area contributed by atoms with Gasteiger partial charge in [-0.15, -0.1) is 0 Å². The number of carbonyl (C=O) groups excluding carboxylic acids is 1. The molecule has 1 amide bonds. The average molecular weight is 417 g/mol. The molecule has 0 unspecified atom stereocenters. The van der Waals surface area contributed by atoms with Crippen molar-refractivity contribution in [2.75, 3.05) is 19.0 Å². The summed E-state index contributed by atoms with van der Waals surface area (Å²) in [5.74, 6) is 0.256. The number of halogens is 2. The van der Waals surface area contributed by atoms with E-state index >= 15 is 0 Å². The normalized spacial score (nSPS) is 10.7. The topological polar surface area (TPSA) is 74.6 Å². The van der Waals surface area contributed by atoms with Gasteiger partial charge in [0.2, 0.25) is 0 Å². The van der Waals surface area contributed by atoms with Crippen molar-refractivity contribution in [3.63, 3.8) is 0 Å². The highest BCUT2D eigenvalue weighted by atomic mass is 19.3. The standard InChI is InChI=1S/C21H21F2N3O4/c1-3-29-19-10-15(7-8-18(19)30-21(22)23)20(27)25-16-11-24-26(13-16)12-14-5-4-6-17(9-14)28-2/h4-11,13,21H,3,12H2,1-2H3,(H,25,27). The Labute approximate surface area is 172 Å². The van der Waals surface area contributed by atoms with Gasteiger partial charge in [-0.1, -0.05) is 12.1 Å². The molecular weight excluding hydrogens is 396 g/mol. The van der Waals surface area contributed by atoms with Crippen molar-refractivity contribution in [1.29, 1.82) is 0 Å². The first-order valence-electron chi connectivity index (χ1n) is 9.17. The van der Waals surface area contributed by atoms with Crippen molar-refractivity contribution >= 4 is 11.6 Å². The van der Waals surface area contributed by atoms with E-state index in [0.717, 1.165) is 11.3 Å². The van der Waals surface area contributed by atoms with Gasteiger partial charge in [-0.3, -0.25) is 9.48 Å². The lowest BCUT2D eigenvalue weighted by molar-refractivity contribution is -0.0514. The summed E-state index contributed by atoms with van der Waals surface area (Å²) in [7, 11) is 1.60. The summed E-state index contributed by atoms with van der Waals surface area (Å²) in [6.45, 7) is -0.544. The van der Waals surface area contributed by atoms with Crippen LogP contribution in [0.25, 0.3) is 0 Å². The zero-order valence-corrected chi connectivity index (χ0v) is 16.5. The third kappa shape index (κ3) is 5.47. The van der Waals surface area contributed by atoms with Crippen LogP contribution in [0.5, 0.6) is 17.2 Å². The molecular formula is C21H21F2N3O4. The molecule has 7 nitrogen and oxygen atoms in total. The molecule has 0 aliphatic heterocycles. The van der Waals surface area contributed by atoms with Crippen molar-refractivity contribution in [2.45, 2.75) is 20.1 Å². The lowest BCUT2D eigenvalue weighted by atomic mass is 10.2. The molecule has 1 aromatic heterocycles. The van der Waals surface area contributed by atoms with E-state index in [4.69, 9.17) is 9.47 Å². The van der Waals surface area contributed by atoms with E-state index in [9.17, 15) is 13.6 Å². The number of rotatable bonds is 9. The zero-order chi connectivity index (χ0) is 21.5. The number of aromatic nitrogens is 2. The molecule has 30 heavy (non-hydrogen) atoms. The average Bonchev–Trinajstić information content (AvgIpc) is 3.15. The Morgan fingerprint density at radius 3 is 2.77 bits per heavy atom. The van der Waals surface area contributed by atoms with Crippen LogP contribution in [0.3, 0.4) is 0 Å². The van der Waals surface area contributed by atoms with Crippen LogP contribution in [0.15, 0.2) is 54.9 Å². The first-order valence-corrected chi connectivity index (χ1v) is 9.17. The largest absolute Gasteiger partial charge is 0.497 e. The first kappa shape index (κ1) is 21.1. The number of benzene rings is 2. The van der Waals surface area contributed by atoms with Crippen molar-refractivity contribution < 1.29 is 27.8 Å². The van der Waals surface area contributed by atoms with Gasteiger partial charge in [0.15, 0.2) is 11.5 Å². The highest BCUT2D eigenvalue weighted by Gasteiger charge is 2.15. The number of hydrogen-bond acceptors (Lipinski definition) is 5. The number of nitrogens with one attached hydrogen (secondary N) is 1. The maximum absolute atomic E-state index is 12.5. The second-order valence-corrected chi connectivity index (χ2v) is 6.21. The smallest absolute Gasteiger partial charge is 0.387 e. The third-order valence-corrected chi connectivity index (χ3v) is 4.09. The molecule has 1 N–H and O–H groups in total. The minimum Gasteiger partial charge on any atom is -0.497 e. The monoisotopic (exact) mass is 417 g/mol. The van der Waals surface area contributed by atoms with Crippen LogP contribution in [0.2, 0.25) is 0 Å². The summed E-state index contributed by atoms with van der Waals surface area (Å²) in [6.07, 6.45) is 3.21. The van der Waals surface area contributed by atoms with Crippen molar-refractivity contribution in [3.8, 4) is 17.2 Å². The first-order chi connectivity index (χ1) is 14.5. The molecule has 2 aromatic carbocycles. The number of carbonyl (C=O) groups is 1. The van der Waals surface area contributed by atoms with E-state index in [1.54, 1.807) is 24.9 Å². The summed E-state index contributed by atoms with van der Waals surface area (Å²) < 4.78 is 41.6. The van der Waals surface area contributed by atoms with E-state index in [1.807, 2.05) is 24.3 Å². The number of methoxy groups -OCH3 is 1. The van der Waals surface area contributed by atoms with Gasteiger partial charge in [-0.25, -0.2) is 0 Å². The maximum atomic E-state index is 12.5. The number of alkyl halides is 2. The third-order valence-electron chi connectivity index (χ3n) is 4.09. The molecule has 0 aliphatic rings. The summed E-state index contributed by atoms with van der Waals surface area (Å²) in [5, 5.41) is 6.97. The van der Waals surface area contributed by atoms with Crippen LogP contribution in [-0.4, -0.2) is 36.0 Å². The van der Waals surface area contributed by atoms with Gasteiger partial charge in [0.25, 0.3) is 5.91 Å². The zero-order valence-electron chi connectivity index (χ0n) is 16.5. The Morgan fingerprint density at radius 2 is 2.03 bits per heavy atom. The number of nitrogens with zero attached hydrogens (tertiary/aromatic N) is 2. The molecule has 0 bridgehead atoms. The Morgan fingerprint density at radius 1 is 1.20 bits per heavy atom. The Balaban J connectivity index is 1.69. The van der Waals surface area contributed by atoms with Gasteiger partial charge in [-0.05, 0) is 42.8 Å². The van der Waals surface area contributed by atoms with E-state index in [0.29, 0.717) is 12.2 Å². The van der Waals surface area contributed by atoms with Gasteiger partial charge in [0.1, 0.15) is 5.75 Å². The van der Waals surface area contributed by atoms with E-state index < -0.39 is 12.5 Å². The van der Waals surface area contributed by atoms with Crippen molar-refractivity contribution in [2.24, 2.45) is 0 Å². The van der Waals surface area contributed by atoms with Gasteiger partial charge in [0, 0.05) is 11.8 Å². The van der Waals surface area contributed by atoms with Crippen molar-refractivity contribution in [3.05, 3.63) is 66.0 Å². The van der Waals surface area contributed by atoms with Crippen LogP contribution < -0.4 is 19.5 Å². The van der Waals surface area contributed by atoms with Crippen LogP contribution >= 0.6 is 0 Å². The molecule has 3 rings (SSSR count). The van der Waals surface area contributed by atoms with Gasteiger partial charge in [-0.2, -0.15) is 13.9 Å². The van der Waals surface area contributed by atoms with Crippen LogP contribution in [0, 0.1) is 0 Å². The maximum Gasteiger partial charge on any atom is 0.387 e. The molecule has 158 valence electrons. The molecule has 3 aromatic rings. The van der Waals surface area contributed by atoms with Crippen molar-refractivity contribution in [1.82, 2.24) is 9.78 Å². The second kappa shape index (κ2) is 9.73. The number of ether oxygens (including phenoxy) is 3. The molecule has 0 spiro atoms. The Hall–Kier alpha value is -3.62. The summed E-state index contributed by atoms with van der Waals surface area (Å²) in [4.78, 5) is 12.5. The predicted molar refractivity (Wildman–Crippen MR) is 107 cm³/mol. The SMILES string of the molecule is CCOc1cc(C(=O)Nc2cnn(Cc3cccc(OC)c3)c2)ccc1OC(F)F. The Kier molecular flexibility index (Phi) is 6.84. The lowest BCUT2D eigenvalue weighted by Gasteiger charge is -2.12. The van der Waals surface area contributed by atoms with Crippen LogP contribution in [0.4, 0.5) is 14.5 Å². The summed E-state index contributed by atoms with van der Waals surface area (Å²) >= 11 is 0. The van der Waals surface area contributed by atoms with Gasteiger partial charge in [0.05, 0.1) is 32.1 Å². The molecule has 1 heterocycles. The fourth-order valence-corrected chi connectivity index (χ4v) is 2.79. The summed E-state index contributed by atoms with van der Waals surface area (Å²) in [6, 6.07) is 11.6. The highest BCUT2D eigenvalue weighted by Crippen LogP contribution is 2.30. The number of hydrogen-bond donors (Lipinski definition) is 1. The molecule has 0 atom stereocenters. The lowest BCUT2D eigenvalue weighted by Crippen LogP contribution is -2.12. The highest BCUT2D eigenvalue weighted by molar-refractivity contribution is 6.04. The Bertz CT molecular complexity index is 1010. The number of amides is 1. The molecule has 0 saturated heterocycles. The summed E-state index contributed by atoms with van der Waals surface area (Å²) in [5.41, 5.74) is 1.72. The molecule has 0 fully saturated rings. The van der Waals surface area contributed by atoms with Crippen LogP contribution in [-0.2, 0) is 6.54 Å². The van der Waals surface area contributed by atoms with E-state index in [2.05, 4.69) is 15.2 Å². The van der Waals surface area contributed by atoms with E-state index in [1.165, 1.54) is 24.4 Å². The molecule has 9 heteroatoms. The van der Waals surface area contributed by atoms with Gasteiger partial charge >= 0.3 is 6.61 Å². The molecule has 0 radical (unpaired) electrons. The predicted octanol–water partition coefficient (Wildman–Crippen LogP) is 4.19. The van der Waals surface area contributed by atoms with Gasteiger partial charge < -0.3 is 19.5 Å². The minimum absolute atomic E-state index is 0.0687. The van der Waals surface area contributed by atoms with E-state index in [-0.39, 0.29) is 23.7 Å². The number of anilines is 1. The van der Waals surface area contributed by atoms with Crippen LogP contribution in [0.1, 0.15) is 22.8 Å². The second-order valence-electron chi connectivity index (χ2n) is 6.21.